The van der Waals surface area contributed by atoms with Crippen LogP contribution in [0.3, 0.4) is 0 Å². The van der Waals surface area contributed by atoms with Crippen LogP contribution in [-0.2, 0) is 4.74 Å². The minimum atomic E-state index is 0.0862. The molecule has 0 N–H and O–H groups in total. The quantitative estimate of drug-likeness (QED) is 0.716. The molecule has 0 aliphatic rings. The predicted octanol–water partition coefficient (Wildman–Crippen LogP) is 3.18. The van der Waals surface area contributed by atoms with Crippen molar-refractivity contribution in [2.75, 3.05) is 13.7 Å². The molecule has 0 aromatic heterocycles. The average Bonchev–Trinajstić information content (AvgIpc) is 2.25. The summed E-state index contributed by atoms with van der Waals surface area (Å²) in [5.74, 6) is 0.934. The predicted molar refractivity (Wildman–Crippen MR) is 57.7 cm³/mol. The zero-order valence-electron chi connectivity index (χ0n) is 9.12. The first-order valence-electron chi connectivity index (χ1n) is 5.04. The van der Waals surface area contributed by atoms with Crippen molar-refractivity contribution in [1.29, 1.82) is 0 Å². The van der Waals surface area contributed by atoms with Crippen molar-refractivity contribution in [3.63, 3.8) is 0 Å². The molecular weight excluding hydrogens is 176 g/mol. The van der Waals surface area contributed by atoms with Crippen molar-refractivity contribution in [3.05, 3.63) is 29.8 Å². The van der Waals surface area contributed by atoms with Gasteiger partial charge < -0.3 is 9.47 Å². The van der Waals surface area contributed by atoms with Gasteiger partial charge in [-0.25, -0.2) is 0 Å². The number of methoxy groups -OCH3 is 1. The Balaban J connectivity index is 2.79. The van der Waals surface area contributed by atoms with Crippen LogP contribution >= 0.6 is 0 Å². The van der Waals surface area contributed by atoms with Crippen LogP contribution in [0.15, 0.2) is 24.3 Å². The van der Waals surface area contributed by atoms with Gasteiger partial charge in [-0.15, -0.1) is 0 Å². The maximum atomic E-state index is 5.63. The Morgan fingerprint density at radius 1 is 1.29 bits per heavy atom. The smallest absolute Gasteiger partial charge is 0.125 e. The zero-order valence-corrected chi connectivity index (χ0v) is 9.12. The van der Waals surface area contributed by atoms with Crippen molar-refractivity contribution < 1.29 is 9.47 Å². The third kappa shape index (κ3) is 2.74. The highest BCUT2D eigenvalue weighted by Crippen LogP contribution is 2.26. The van der Waals surface area contributed by atoms with Gasteiger partial charge in [0.15, 0.2) is 0 Å². The molecule has 0 heterocycles. The Hall–Kier alpha value is -1.02. The molecule has 0 aliphatic heterocycles. The summed E-state index contributed by atoms with van der Waals surface area (Å²) < 4.78 is 10.9. The third-order valence-electron chi connectivity index (χ3n) is 2.17. The van der Waals surface area contributed by atoms with Crippen molar-refractivity contribution in [3.8, 4) is 5.75 Å². The van der Waals surface area contributed by atoms with E-state index >= 15 is 0 Å². The first-order chi connectivity index (χ1) is 6.79. The maximum absolute atomic E-state index is 5.63. The molecule has 1 aromatic carbocycles. The van der Waals surface area contributed by atoms with Crippen LogP contribution in [0.5, 0.6) is 5.75 Å². The van der Waals surface area contributed by atoms with Gasteiger partial charge in [0.05, 0.1) is 12.7 Å². The number of benzene rings is 1. The summed E-state index contributed by atoms with van der Waals surface area (Å²) in [6.07, 6.45) is 1.11. The minimum absolute atomic E-state index is 0.0862. The molecule has 0 spiro atoms. The number of hydrogen-bond acceptors (Lipinski definition) is 2. The number of para-hydroxylation sites is 1. The topological polar surface area (TPSA) is 18.5 Å². The molecule has 0 amide bonds. The van der Waals surface area contributed by atoms with Crippen molar-refractivity contribution in [2.24, 2.45) is 0 Å². The summed E-state index contributed by atoms with van der Waals surface area (Å²) in [6, 6.07) is 8.01. The highest BCUT2D eigenvalue weighted by atomic mass is 16.5. The van der Waals surface area contributed by atoms with E-state index in [0.29, 0.717) is 0 Å². The Bertz CT molecular complexity index is 271. The largest absolute Gasteiger partial charge is 0.493 e. The van der Waals surface area contributed by atoms with Gasteiger partial charge in [0.1, 0.15) is 5.75 Å². The van der Waals surface area contributed by atoms with Gasteiger partial charge in [0.25, 0.3) is 0 Å². The first-order valence-corrected chi connectivity index (χ1v) is 5.04. The standard InChI is InChI=1S/C12H18O2/c1-4-9-14-12-8-6-5-7-11(12)10(2)13-3/h5-8,10H,4,9H2,1-3H3. The molecular formula is C12H18O2. The average molecular weight is 194 g/mol. The van der Waals surface area contributed by atoms with E-state index in [1.54, 1.807) is 7.11 Å². The lowest BCUT2D eigenvalue weighted by molar-refractivity contribution is 0.116. The molecule has 1 aromatic rings. The summed E-state index contributed by atoms with van der Waals surface area (Å²) in [5, 5.41) is 0. The van der Waals surface area contributed by atoms with E-state index in [1.165, 1.54) is 0 Å². The van der Waals surface area contributed by atoms with Crippen LogP contribution in [0.1, 0.15) is 31.9 Å². The molecule has 14 heavy (non-hydrogen) atoms. The molecule has 0 saturated carbocycles. The van der Waals surface area contributed by atoms with Crippen molar-refractivity contribution in [1.82, 2.24) is 0 Å². The number of ether oxygens (including phenoxy) is 2. The monoisotopic (exact) mass is 194 g/mol. The highest BCUT2D eigenvalue weighted by molar-refractivity contribution is 5.34. The number of rotatable bonds is 5. The molecule has 1 rings (SSSR count). The summed E-state index contributed by atoms with van der Waals surface area (Å²) in [6.45, 7) is 4.88. The van der Waals surface area contributed by atoms with Crippen LogP contribution in [0.4, 0.5) is 0 Å². The molecule has 0 aliphatic carbocycles. The Kier molecular flexibility index (Phi) is 4.47. The SMILES string of the molecule is CCCOc1ccccc1C(C)OC. The molecule has 0 saturated heterocycles. The molecule has 0 fully saturated rings. The summed E-state index contributed by atoms with van der Waals surface area (Å²) in [4.78, 5) is 0. The second-order valence-electron chi connectivity index (χ2n) is 3.26. The van der Waals surface area contributed by atoms with Crippen LogP contribution in [0, 0.1) is 0 Å². The van der Waals surface area contributed by atoms with Gasteiger partial charge in [-0.1, -0.05) is 25.1 Å². The van der Waals surface area contributed by atoms with Gasteiger partial charge >= 0.3 is 0 Å². The lowest BCUT2D eigenvalue weighted by Crippen LogP contribution is -2.02. The Morgan fingerprint density at radius 2 is 2.00 bits per heavy atom. The van der Waals surface area contributed by atoms with Crippen LogP contribution < -0.4 is 4.74 Å². The van der Waals surface area contributed by atoms with E-state index in [1.807, 2.05) is 31.2 Å². The highest BCUT2D eigenvalue weighted by Gasteiger charge is 2.09. The summed E-state index contributed by atoms with van der Waals surface area (Å²) >= 11 is 0. The molecule has 2 heteroatoms. The molecule has 1 atom stereocenters. The fraction of sp³-hybridized carbons (Fsp3) is 0.500. The van der Waals surface area contributed by atoms with E-state index in [2.05, 4.69) is 6.92 Å². The molecule has 0 bridgehead atoms. The molecule has 1 unspecified atom stereocenters. The fourth-order valence-corrected chi connectivity index (χ4v) is 1.29. The van der Waals surface area contributed by atoms with Gasteiger partial charge in [-0.05, 0) is 19.4 Å². The lowest BCUT2D eigenvalue weighted by Gasteiger charge is -2.15. The van der Waals surface area contributed by atoms with E-state index in [9.17, 15) is 0 Å². The molecule has 78 valence electrons. The Morgan fingerprint density at radius 3 is 2.64 bits per heavy atom. The van der Waals surface area contributed by atoms with E-state index < -0.39 is 0 Å². The zero-order chi connectivity index (χ0) is 10.4. The third-order valence-corrected chi connectivity index (χ3v) is 2.17. The fourth-order valence-electron chi connectivity index (χ4n) is 1.29. The summed E-state index contributed by atoms with van der Waals surface area (Å²) in [7, 11) is 1.71. The second kappa shape index (κ2) is 5.66. The van der Waals surface area contributed by atoms with E-state index in [-0.39, 0.29) is 6.10 Å². The van der Waals surface area contributed by atoms with E-state index in [4.69, 9.17) is 9.47 Å². The molecule has 2 nitrogen and oxygen atoms in total. The normalized spacial score (nSPS) is 12.5. The lowest BCUT2D eigenvalue weighted by atomic mass is 10.1. The first kappa shape index (κ1) is 11.1. The number of hydrogen-bond donors (Lipinski definition) is 0. The van der Waals surface area contributed by atoms with Crippen LogP contribution in [0.2, 0.25) is 0 Å². The maximum Gasteiger partial charge on any atom is 0.125 e. The van der Waals surface area contributed by atoms with Crippen LogP contribution in [-0.4, -0.2) is 13.7 Å². The van der Waals surface area contributed by atoms with Gasteiger partial charge in [0.2, 0.25) is 0 Å². The minimum Gasteiger partial charge on any atom is -0.493 e. The Labute approximate surface area is 85.8 Å². The second-order valence-corrected chi connectivity index (χ2v) is 3.26. The van der Waals surface area contributed by atoms with Crippen molar-refractivity contribution in [2.45, 2.75) is 26.4 Å². The molecule has 0 radical (unpaired) electrons. The van der Waals surface area contributed by atoms with Gasteiger partial charge in [-0.3, -0.25) is 0 Å². The van der Waals surface area contributed by atoms with Gasteiger partial charge in [-0.2, -0.15) is 0 Å². The van der Waals surface area contributed by atoms with E-state index in [0.717, 1.165) is 24.3 Å². The van der Waals surface area contributed by atoms with Gasteiger partial charge in [0, 0.05) is 12.7 Å². The summed E-state index contributed by atoms with van der Waals surface area (Å²) in [5.41, 5.74) is 1.11. The van der Waals surface area contributed by atoms with Crippen LogP contribution in [0.25, 0.3) is 0 Å². The van der Waals surface area contributed by atoms with Crippen molar-refractivity contribution >= 4 is 0 Å².